The Bertz CT molecular complexity index is 738. The fraction of sp³-hybridized carbons (Fsp3) is 0.526. The van der Waals surface area contributed by atoms with E-state index < -0.39 is 6.10 Å². The van der Waals surface area contributed by atoms with Crippen LogP contribution in [0.25, 0.3) is 0 Å². The number of aromatic nitrogens is 3. The van der Waals surface area contributed by atoms with Crippen molar-refractivity contribution in [2.24, 2.45) is 13.0 Å². The van der Waals surface area contributed by atoms with Crippen LogP contribution in [-0.2, 0) is 7.05 Å². The number of carbonyl (C=O) groups is 1. The van der Waals surface area contributed by atoms with E-state index in [1.165, 1.54) is 0 Å². The number of likely N-dealkylation sites (tertiary alicyclic amines) is 1. The Morgan fingerprint density at radius 2 is 2.12 bits per heavy atom. The minimum absolute atomic E-state index is 0.0969. The topological polar surface area (TPSA) is 80.5 Å². The van der Waals surface area contributed by atoms with Crippen LogP contribution in [0.2, 0.25) is 0 Å². The van der Waals surface area contributed by atoms with E-state index in [1.807, 2.05) is 24.7 Å². The van der Waals surface area contributed by atoms with Crippen LogP contribution in [0.3, 0.4) is 0 Å². The molecule has 26 heavy (non-hydrogen) atoms. The molecule has 1 fully saturated rings. The highest BCUT2D eigenvalue weighted by molar-refractivity contribution is 5.95. The number of nitrogens with zero attached hydrogens (tertiary/aromatic N) is 4. The minimum Gasteiger partial charge on any atom is -0.491 e. The SMILES string of the molecule is CCCOc1cccnc1C(=O)N1CCC(C(O)c2nccn2C)CC1. The highest BCUT2D eigenvalue weighted by atomic mass is 16.5. The average Bonchev–Trinajstić information content (AvgIpc) is 3.11. The first kappa shape index (κ1) is 18.4. The van der Waals surface area contributed by atoms with Crippen molar-refractivity contribution >= 4 is 5.91 Å². The number of imidazole rings is 1. The Kier molecular flexibility index (Phi) is 5.88. The molecule has 1 amide bonds. The van der Waals surface area contributed by atoms with Crippen LogP contribution in [0.5, 0.6) is 5.75 Å². The zero-order valence-electron chi connectivity index (χ0n) is 15.3. The van der Waals surface area contributed by atoms with Crippen LogP contribution < -0.4 is 4.74 Å². The summed E-state index contributed by atoms with van der Waals surface area (Å²) >= 11 is 0. The summed E-state index contributed by atoms with van der Waals surface area (Å²) in [4.78, 5) is 23.1. The van der Waals surface area contributed by atoms with Gasteiger partial charge < -0.3 is 19.3 Å². The van der Waals surface area contributed by atoms with E-state index in [0.717, 1.165) is 19.3 Å². The third-order valence-corrected chi connectivity index (χ3v) is 4.83. The van der Waals surface area contributed by atoms with Gasteiger partial charge in [0.15, 0.2) is 11.4 Å². The molecule has 2 aromatic rings. The molecule has 0 bridgehead atoms. The highest BCUT2D eigenvalue weighted by Crippen LogP contribution is 2.30. The number of aliphatic hydroxyl groups is 1. The van der Waals surface area contributed by atoms with Crippen molar-refractivity contribution in [3.63, 3.8) is 0 Å². The molecule has 1 saturated heterocycles. The van der Waals surface area contributed by atoms with Crippen molar-refractivity contribution in [2.45, 2.75) is 32.3 Å². The predicted octanol–water partition coefficient (Wildman–Crippen LogP) is 2.19. The van der Waals surface area contributed by atoms with E-state index in [-0.39, 0.29) is 11.8 Å². The summed E-state index contributed by atoms with van der Waals surface area (Å²) in [6, 6.07) is 3.56. The lowest BCUT2D eigenvalue weighted by Gasteiger charge is -2.34. The lowest BCUT2D eigenvalue weighted by atomic mass is 9.90. The van der Waals surface area contributed by atoms with E-state index in [4.69, 9.17) is 4.74 Å². The monoisotopic (exact) mass is 358 g/mol. The van der Waals surface area contributed by atoms with Gasteiger partial charge in [0, 0.05) is 38.7 Å². The number of amides is 1. The summed E-state index contributed by atoms with van der Waals surface area (Å²) in [6.07, 6.45) is 6.87. The molecule has 0 saturated carbocycles. The van der Waals surface area contributed by atoms with Gasteiger partial charge in [0.1, 0.15) is 11.9 Å². The number of hydrogen-bond acceptors (Lipinski definition) is 5. The molecule has 1 unspecified atom stereocenters. The number of aryl methyl sites for hydroxylation is 1. The van der Waals surface area contributed by atoms with E-state index >= 15 is 0 Å². The van der Waals surface area contributed by atoms with E-state index in [2.05, 4.69) is 9.97 Å². The van der Waals surface area contributed by atoms with E-state index in [1.54, 1.807) is 29.4 Å². The summed E-state index contributed by atoms with van der Waals surface area (Å²) in [7, 11) is 1.88. The van der Waals surface area contributed by atoms with Gasteiger partial charge >= 0.3 is 0 Å². The van der Waals surface area contributed by atoms with Crippen molar-refractivity contribution < 1.29 is 14.6 Å². The van der Waals surface area contributed by atoms with E-state index in [9.17, 15) is 9.90 Å². The van der Waals surface area contributed by atoms with Gasteiger partial charge in [0.25, 0.3) is 5.91 Å². The van der Waals surface area contributed by atoms with Gasteiger partial charge in [-0.3, -0.25) is 4.79 Å². The molecule has 0 aromatic carbocycles. The summed E-state index contributed by atoms with van der Waals surface area (Å²) in [5.41, 5.74) is 0.365. The normalized spacial score (nSPS) is 16.5. The third-order valence-electron chi connectivity index (χ3n) is 4.83. The Balaban J connectivity index is 1.63. The van der Waals surface area contributed by atoms with Crippen LogP contribution in [0.1, 0.15) is 48.6 Å². The smallest absolute Gasteiger partial charge is 0.276 e. The van der Waals surface area contributed by atoms with Gasteiger partial charge in [-0.1, -0.05) is 6.92 Å². The first-order chi connectivity index (χ1) is 12.6. The maximum atomic E-state index is 12.8. The maximum Gasteiger partial charge on any atom is 0.276 e. The van der Waals surface area contributed by atoms with Crippen LogP contribution in [0.15, 0.2) is 30.7 Å². The van der Waals surface area contributed by atoms with Crippen molar-refractivity contribution in [3.05, 3.63) is 42.2 Å². The quantitative estimate of drug-likeness (QED) is 0.856. The fourth-order valence-corrected chi connectivity index (χ4v) is 3.32. The molecule has 7 nitrogen and oxygen atoms in total. The molecule has 3 rings (SSSR count). The van der Waals surface area contributed by atoms with Crippen LogP contribution in [-0.4, -0.2) is 50.1 Å². The molecule has 7 heteroatoms. The van der Waals surface area contributed by atoms with Gasteiger partial charge in [0.2, 0.25) is 0 Å². The number of pyridine rings is 1. The highest BCUT2D eigenvalue weighted by Gasteiger charge is 2.31. The van der Waals surface area contributed by atoms with Gasteiger partial charge in [-0.25, -0.2) is 9.97 Å². The summed E-state index contributed by atoms with van der Waals surface area (Å²) in [5, 5.41) is 10.6. The average molecular weight is 358 g/mol. The first-order valence-electron chi connectivity index (χ1n) is 9.14. The van der Waals surface area contributed by atoms with Crippen molar-refractivity contribution in [1.29, 1.82) is 0 Å². The largest absolute Gasteiger partial charge is 0.491 e. The number of ether oxygens (including phenoxy) is 1. The summed E-state index contributed by atoms with van der Waals surface area (Å²) < 4.78 is 7.50. The summed E-state index contributed by atoms with van der Waals surface area (Å²) in [6.45, 7) is 3.77. The van der Waals surface area contributed by atoms with Crippen LogP contribution in [0.4, 0.5) is 0 Å². The minimum atomic E-state index is -0.606. The lowest BCUT2D eigenvalue weighted by molar-refractivity contribution is 0.0414. The molecule has 0 aliphatic carbocycles. The molecule has 1 aliphatic rings. The van der Waals surface area contributed by atoms with Crippen molar-refractivity contribution in [3.8, 4) is 5.75 Å². The lowest BCUT2D eigenvalue weighted by Crippen LogP contribution is -2.40. The van der Waals surface area contributed by atoms with Gasteiger partial charge in [-0.05, 0) is 37.3 Å². The molecule has 2 aromatic heterocycles. The first-order valence-corrected chi connectivity index (χ1v) is 9.14. The Morgan fingerprint density at radius 3 is 2.77 bits per heavy atom. The molecule has 1 atom stereocenters. The zero-order valence-corrected chi connectivity index (χ0v) is 15.3. The number of aliphatic hydroxyl groups excluding tert-OH is 1. The Labute approximate surface area is 153 Å². The molecule has 140 valence electrons. The Hall–Kier alpha value is -2.41. The maximum absolute atomic E-state index is 12.8. The number of carbonyl (C=O) groups excluding carboxylic acids is 1. The molecular formula is C19H26N4O3. The number of piperidine rings is 1. The molecule has 3 heterocycles. The van der Waals surface area contributed by atoms with Crippen LogP contribution in [0, 0.1) is 5.92 Å². The third kappa shape index (κ3) is 3.88. The number of rotatable bonds is 6. The second-order valence-electron chi connectivity index (χ2n) is 6.67. The second-order valence-corrected chi connectivity index (χ2v) is 6.67. The molecule has 1 aliphatic heterocycles. The standard InChI is InChI=1S/C19H26N4O3/c1-3-13-26-15-5-4-8-20-16(15)19(25)23-10-6-14(7-11-23)17(24)18-21-9-12-22(18)2/h4-5,8-9,12,14,17,24H,3,6-7,10-11,13H2,1-2H3. The predicted molar refractivity (Wildman–Crippen MR) is 96.8 cm³/mol. The van der Waals surface area contributed by atoms with Gasteiger partial charge in [-0.2, -0.15) is 0 Å². The number of hydrogen-bond donors (Lipinski definition) is 1. The van der Waals surface area contributed by atoms with Crippen molar-refractivity contribution in [2.75, 3.05) is 19.7 Å². The molecular weight excluding hydrogens is 332 g/mol. The Morgan fingerprint density at radius 1 is 1.35 bits per heavy atom. The molecule has 0 spiro atoms. The van der Waals surface area contributed by atoms with Gasteiger partial charge in [0.05, 0.1) is 6.61 Å². The second kappa shape index (κ2) is 8.31. The molecule has 0 radical (unpaired) electrons. The molecule has 1 N–H and O–H groups in total. The van der Waals surface area contributed by atoms with Crippen molar-refractivity contribution in [1.82, 2.24) is 19.4 Å². The zero-order chi connectivity index (χ0) is 18.5. The van der Waals surface area contributed by atoms with E-state index in [0.29, 0.717) is 37.0 Å². The van der Waals surface area contributed by atoms with Crippen LogP contribution >= 0.6 is 0 Å². The fourth-order valence-electron chi connectivity index (χ4n) is 3.32. The summed E-state index contributed by atoms with van der Waals surface area (Å²) in [5.74, 6) is 1.20. The van der Waals surface area contributed by atoms with Gasteiger partial charge in [-0.15, -0.1) is 0 Å².